The first-order valence-electron chi connectivity index (χ1n) is 21.8. The first-order valence-corrected chi connectivity index (χ1v) is 21.8. The molecule has 0 aliphatic carbocycles. The van der Waals surface area contributed by atoms with E-state index in [0.29, 0.717) is 27.9 Å². The molecule has 0 radical (unpaired) electrons. The van der Waals surface area contributed by atoms with Gasteiger partial charge >= 0.3 is 6.36 Å². The Morgan fingerprint density at radius 1 is 0.861 bits per heavy atom. The van der Waals surface area contributed by atoms with Crippen LogP contribution < -0.4 is 40.3 Å². The number of pyridine rings is 1. The molecule has 1 saturated heterocycles. The average molecular weight is 984 g/mol. The summed E-state index contributed by atoms with van der Waals surface area (Å²) in [4.78, 5) is 87.0. The number of nitrogens with one attached hydrogen (secondary N) is 3. The second-order valence-electron chi connectivity index (χ2n) is 16.4. The van der Waals surface area contributed by atoms with Crippen molar-refractivity contribution in [2.75, 3.05) is 24.4 Å². The molecule has 1 unspecified atom stereocenters. The van der Waals surface area contributed by atoms with Crippen LogP contribution in [0.4, 0.5) is 28.9 Å². The van der Waals surface area contributed by atoms with Crippen LogP contribution in [0.15, 0.2) is 102 Å². The Labute approximate surface area is 404 Å². The Morgan fingerprint density at radius 2 is 1.64 bits per heavy atom. The van der Waals surface area contributed by atoms with E-state index in [1.807, 2.05) is 0 Å². The van der Waals surface area contributed by atoms with Gasteiger partial charge in [-0.1, -0.05) is 17.9 Å². The highest BCUT2D eigenvalue weighted by molar-refractivity contribution is 6.07. The zero-order valence-electron chi connectivity index (χ0n) is 38.0. The Kier molecular flexibility index (Phi) is 12.7. The van der Waals surface area contributed by atoms with E-state index < -0.39 is 53.7 Å². The average Bonchev–Trinajstić information content (AvgIpc) is 3.66. The summed E-state index contributed by atoms with van der Waals surface area (Å²) >= 11 is 0. The van der Waals surface area contributed by atoms with Crippen LogP contribution >= 0.6 is 0 Å². The lowest BCUT2D eigenvalue weighted by Gasteiger charge is -2.29. The summed E-state index contributed by atoms with van der Waals surface area (Å²) in [6.45, 7) is 1.25. The largest absolute Gasteiger partial charge is 0.573 e. The van der Waals surface area contributed by atoms with Crippen molar-refractivity contribution in [1.82, 2.24) is 24.8 Å². The van der Waals surface area contributed by atoms with Crippen LogP contribution in [-0.4, -0.2) is 75.1 Å². The molecule has 3 N–H and O–H groups in total. The highest BCUT2D eigenvalue weighted by atomic mass is 19.4. The molecule has 4 heterocycles. The van der Waals surface area contributed by atoms with Crippen molar-refractivity contribution in [3.05, 3.63) is 147 Å². The monoisotopic (exact) mass is 983 g/mol. The first kappa shape index (κ1) is 47.7. The zero-order chi connectivity index (χ0) is 51.0. The Hall–Kier alpha value is -9.32. The molecule has 21 heteroatoms. The lowest BCUT2D eigenvalue weighted by atomic mass is 10.0. The van der Waals surface area contributed by atoms with Gasteiger partial charge in [0.05, 0.1) is 28.9 Å². The standard InChI is InChI=1S/C51H37F4N7O10/c1-26-45(46(65)35-20-32(72-51(53,54)55)11-13-38(35)61(26)2)48(67)59-31-10-15-40(36(52)19-31)71-49-34-21-41(69-3)42(22-37(34)56-25-57-49)70-24-44(64)58-30-6-4-5-27(18-30)7-8-28-9-12-33-29(17-28)23-62(50(33)68)39-14-16-43(63)60-47(39)66/h4-6,9-13,15,17-22,25,39H,14,16,23-24H2,1-3H3,(H,58,64)(H,59,67)(H,60,63,66). The molecular weight excluding hydrogens is 947 g/mol. The number of hydrogen-bond acceptors (Lipinski definition) is 12. The summed E-state index contributed by atoms with van der Waals surface area (Å²) in [7, 11) is 2.89. The van der Waals surface area contributed by atoms with Crippen molar-refractivity contribution < 1.29 is 60.5 Å². The van der Waals surface area contributed by atoms with E-state index in [2.05, 4.69) is 42.5 Å². The third-order valence-electron chi connectivity index (χ3n) is 11.8. The van der Waals surface area contributed by atoms with Gasteiger partial charge in [0.2, 0.25) is 23.1 Å². The number of carbonyl (C=O) groups is 5. The summed E-state index contributed by atoms with van der Waals surface area (Å²) in [5.41, 5.74) is 2.23. The molecule has 2 aromatic heterocycles. The molecule has 5 aromatic carbocycles. The van der Waals surface area contributed by atoms with Crippen LogP contribution in [-0.2, 0) is 28.0 Å². The molecular formula is C51H37F4N7O10. The zero-order valence-corrected chi connectivity index (χ0v) is 38.0. The number of piperidine rings is 1. The minimum atomic E-state index is -5.01. The maximum Gasteiger partial charge on any atom is 0.573 e. The summed E-state index contributed by atoms with van der Waals surface area (Å²) in [6, 6.07) is 20.9. The smallest absolute Gasteiger partial charge is 0.493 e. The predicted octanol–water partition coefficient (Wildman–Crippen LogP) is 7.06. The number of methoxy groups -OCH3 is 1. The third kappa shape index (κ3) is 9.91. The Bertz CT molecular complexity index is 3570. The number of hydrogen-bond donors (Lipinski definition) is 3. The quantitative estimate of drug-likeness (QED) is 0.0676. The van der Waals surface area contributed by atoms with Crippen molar-refractivity contribution in [1.29, 1.82) is 0 Å². The van der Waals surface area contributed by atoms with Crippen molar-refractivity contribution in [2.24, 2.45) is 7.05 Å². The highest BCUT2D eigenvalue weighted by Gasteiger charge is 2.39. The number of imide groups is 1. The van der Waals surface area contributed by atoms with Crippen molar-refractivity contribution >= 4 is 62.7 Å². The number of aryl methyl sites for hydroxylation is 1. The number of alkyl halides is 3. The first-order chi connectivity index (χ1) is 34.4. The van der Waals surface area contributed by atoms with E-state index in [1.54, 1.807) is 42.5 Å². The molecule has 9 rings (SSSR count). The lowest BCUT2D eigenvalue weighted by Crippen LogP contribution is -2.52. The molecule has 364 valence electrons. The van der Waals surface area contributed by atoms with Crippen molar-refractivity contribution in [3.63, 3.8) is 0 Å². The molecule has 0 saturated carbocycles. The fraction of sp³-hybridized carbons (Fsp3) is 0.176. The van der Waals surface area contributed by atoms with Gasteiger partial charge in [0.25, 0.3) is 17.7 Å². The second kappa shape index (κ2) is 19.2. The van der Waals surface area contributed by atoms with Gasteiger partial charge in [0.1, 0.15) is 23.7 Å². The number of anilines is 2. The van der Waals surface area contributed by atoms with Gasteiger partial charge in [-0.25, -0.2) is 14.4 Å². The second-order valence-corrected chi connectivity index (χ2v) is 16.4. The highest BCUT2D eigenvalue weighted by Crippen LogP contribution is 2.37. The van der Waals surface area contributed by atoms with Gasteiger partial charge in [-0.05, 0) is 91.7 Å². The number of aromatic nitrogens is 3. The maximum atomic E-state index is 15.6. The number of benzene rings is 5. The van der Waals surface area contributed by atoms with Crippen LogP contribution in [0.1, 0.15) is 55.9 Å². The fourth-order valence-electron chi connectivity index (χ4n) is 8.27. The summed E-state index contributed by atoms with van der Waals surface area (Å²) in [6.07, 6.45) is -3.43. The van der Waals surface area contributed by atoms with Gasteiger partial charge in [0, 0.05) is 65.9 Å². The van der Waals surface area contributed by atoms with Crippen LogP contribution in [0, 0.1) is 24.6 Å². The fourth-order valence-corrected chi connectivity index (χ4v) is 8.27. The molecule has 72 heavy (non-hydrogen) atoms. The number of fused-ring (bicyclic) bond motifs is 3. The summed E-state index contributed by atoms with van der Waals surface area (Å²) in [5.74, 6) is 1.85. The molecule has 1 atom stereocenters. The van der Waals surface area contributed by atoms with Gasteiger partial charge in [0.15, 0.2) is 29.7 Å². The Balaban J connectivity index is 0.834. The predicted molar refractivity (Wildman–Crippen MR) is 250 cm³/mol. The minimum absolute atomic E-state index is 0.0722. The number of amides is 5. The van der Waals surface area contributed by atoms with Gasteiger partial charge in [-0.2, -0.15) is 0 Å². The molecule has 1 fully saturated rings. The van der Waals surface area contributed by atoms with E-state index in [1.165, 1.54) is 60.9 Å². The number of nitrogens with zero attached hydrogens (tertiary/aromatic N) is 4. The molecule has 7 aromatic rings. The van der Waals surface area contributed by atoms with Crippen LogP contribution in [0.3, 0.4) is 0 Å². The molecule has 2 aliphatic heterocycles. The van der Waals surface area contributed by atoms with Gasteiger partial charge in [-0.3, -0.25) is 34.1 Å². The molecule has 0 bridgehead atoms. The van der Waals surface area contributed by atoms with Crippen LogP contribution in [0.5, 0.6) is 28.9 Å². The normalized spacial score (nSPS) is 14.3. The molecule has 17 nitrogen and oxygen atoms in total. The van der Waals surface area contributed by atoms with Crippen LogP contribution in [0.2, 0.25) is 0 Å². The van der Waals surface area contributed by atoms with E-state index in [9.17, 15) is 41.9 Å². The maximum absolute atomic E-state index is 15.6. The number of halogens is 4. The molecule has 2 aliphatic rings. The number of rotatable bonds is 11. The number of ether oxygens (including phenoxy) is 4. The van der Waals surface area contributed by atoms with Crippen molar-refractivity contribution in [3.8, 4) is 40.7 Å². The van der Waals surface area contributed by atoms with Gasteiger partial charge in [-0.15, -0.1) is 13.2 Å². The molecule has 0 spiro atoms. The topological polar surface area (TPSA) is 209 Å². The molecule has 5 amide bonds. The van der Waals surface area contributed by atoms with E-state index in [-0.39, 0.29) is 93.1 Å². The van der Waals surface area contributed by atoms with E-state index in [0.717, 1.165) is 24.5 Å². The number of carbonyl (C=O) groups excluding carboxylic acids is 5. The summed E-state index contributed by atoms with van der Waals surface area (Å²) in [5, 5.41) is 7.59. The summed E-state index contributed by atoms with van der Waals surface area (Å²) < 4.78 is 76.9. The van der Waals surface area contributed by atoms with Crippen LogP contribution in [0.25, 0.3) is 21.8 Å². The van der Waals surface area contributed by atoms with Crippen molar-refractivity contribution in [2.45, 2.75) is 38.7 Å². The lowest BCUT2D eigenvalue weighted by molar-refractivity contribution is -0.274. The SMILES string of the molecule is COc1cc2c(Oc3ccc(NC(=O)c4c(C)n(C)c5ccc(OC(F)(F)F)cc5c4=O)cc3F)ncnc2cc1OCC(=O)Nc1cccc(C#Cc2ccc3c(c2)CN(C2CCC(=O)NC2=O)C3=O)c1. The Morgan fingerprint density at radius 3 is 2.39 bits per heavy atom. The third-order valence-corrected chi connectivity index (χ3v) is 11.8. The van der Waals surface area contributed by atoms with E-state index >= 15 is 4.39 Å². The minimum Gasteiger partial charge on any atom is -0.493 e. The van der Waals surface area contributed by atoms with E-state index in [4.69, 9.17) is 14.2 Å². The van der Waals surface area contributed by atoms with Gasteiger partial charge < -0.3 is 39.0 Å².